The topological polar surface area (TPSA) is 154 Å². The standard InChI is InChI=1S/C35H36FN7O5S2/c1-22-20-29(40-41-32(22)39-34-37-25-11-4-5-12-27(25)49-34)43(18-7-6-14-30(44)45)35-38-31(33(46)47)28(50-35)13-9-19-48-26-16-15-23(21-24(26)36)10-8-17-42(2)3/h4-5,11-12,15-16,20-21H,6-7,9,13-14,17-19H2,1-3H3,(H,44,45)(H,46,47)(H,37,39,41). The molecule has 0 aliphatic rings. The van der Waals surface area contributed by atoms with Crippen LogP contribution in [-0.4, -0.2) is 81.0 Å². The van der Waals surface area contributed by atoms with Gasteiger partial charge in [0, 0.05) is 23.4 Å². The zero-order valence-electron chi connectivity index (χ0n) is 27.8. The summed E-state index contributed by atoms with van der Waals surface area (Å²) in [5.41, 5.74) is 2.11. The first-order chi connectivity index (χ1) is 24.1. The quantitative estimate of drug-likeness (QED) is 0.0731. The summed E-state index contributed by atoms with van der Waals surface area (Å²) in [5, 5.41) is 32.3. The molecule has 0 saturated carbocycles. The van der Waals surface area contributed by atoms with Gasteiger partial charge < -0.3 is 25.2 Å². The summed E-state index contributed by atoms with van der Waals surface area (Å²) in [6.45, 7) is 2.93. The number of carbonyl (C=O) groups is 2. The predicted molar refractivity (Wildman–Crippen MR) is 193 cm³/mol. The third-order valence-electron chi connectivity index (χ3n) is 7.27. The highest BCUT2D eigenvalue weighted by molar-refractivity contribution is 7.22. The van der Waals surface area contributed by atoms with E-state index >= 15 is 0 Å². The number of halogens is 1. The van der Waals surface area contributed by atoms with E-state index in [1.807, 2.05) is 56.3 Å². The Balaban J connectivity index is 1.30. The number of para-hydroxylation sites is 1. The highest BCUT2D eigenvalue weighted by atomic mass is 32.1. The molecule has 12 nitrogen and oxygen atoms in total. The Labute approximate surface area is 296 Å². The van der Waals surface area contributed by atoms with Gasteiger partial charge in [0.2, 0.25) is 0 Å². The van der Waals surface area contributed by atoms with Crippen LogP contribution in [-0.2, 0) is 11.2 Å². The van der Waals surface area contributed by atoms with E-state index in [9.17, 15) is 19.1 Å². The van der Waals surface area contributed by atoms with Crippen LogP contribution >= 0.6 is 22.7 Å². The molecular weight excluding hydrogens is 682 g/mol. The first kappa shape index (κ1) is 36.1. The van der Waals surface area contributed by atoms with E-state index in [0.29, 0.717) is 71.1 Å². The number of anilines is 4. The van der Waals surface area contributed by atoms with Crippen molar-refractivity contribution in [3.63, 3.8) is 0 Å². The molecule has 0 fully saturated rings. The largest absolute Gasteiger partial charge is 0.491 e. The van der Waals surface area contributed by atoms with Crippen molar-refractivity contribution >= 4 is 66.7 Å². The van der Waals surface area contributed by atoms with E-state index in [4.69, 9.17) is 9.84 Å². The average molecular weight is 718 g/mol. The Morgan fingerprint density at radius 3 is 2.56 bits per heavy atom. The lowest BCUT2D eigenvalue weighted by molar-refractivity contribution is -0.137. The molecule has 260 valence electrons. The van der Waals surface area contributed by atoms with Crippen LogP contribution in [0.3, 0.4) is 0 Å². The maximum Gasteiger partial charge on any atom is 0.355 e. The Bertz CT molecular complexity index is 2010. The molecule has 0 spiro atoms. The molecule has 5 aromatic rings. The molecule has 0 bridgehead atoms. The third-order valence-corrected chi connectivity index (χ3v) is 9.36. The maximum absolute atomic E-state index is 14.6. The number of benzene rings is 2. The fourth-order valence-corrected chi connectivity index (χ4v) is 6.80. The second kappa shape index (κ2) is 17.0. The number of hydrogen-bond donors (Lipinski definition) is 3. The number of hydrogen-bond acceptors (Lipinski definition) is 12. The first-order valence-corrected chi connectivity index (χ1v) is 17.5. The van der Waals surface area contributed by atoms with Crippen LogP contribution in [0.4, 0.5) is 26.3 Å². The van der Waals surface area contributed by atoms with Crippen LogP contribution in [0.25, 0.3) is 10.2 Å². The smallest absolute Gasteiger partial charge is 0.355 e. The van der Waals surface area contributed by atoms with Crippen molar-refractivity contribution in [1.82, 2.24) is 25.1 Å². The van der Waals surface area contributed by atoms with Gasteiger partial charge in [0.05, 0.1) is 23.4 Å². The van der Waals surface area contributed by atoms with Gasteiger partial charge in [-0.1, -0.05) is 35.3 Å². The molecule has 3 aromatic heterocycles. The molecule has 2 aromatic carbocycles. The Kier molecular flexibility index (Phi) is 12.3. The maximum atomic E-state index is 14.6. The second-order valence-electron chi connectivity index (χ2n) is 11.6. The fourth-order valence-electron chi connectivity index (χ4n) is 4.81. The fraction of sp³-hybridized carbons (Fsp3) is 0.314. The number of nitrogens with one attached hydrogen (secondary N) is 1. The van der Waals surface area contributed by atoms with E-state index in [1.165, 1.54) is 34.8 Å². The summed E-state index contributed by atoms with van der Waals surface area (Å²) in [4.78, 5) is 36.6. The van der Waals surface area contributed by atoms with E-state index in [2.05, 4.69) is 37.3 Å². The van der Waals surface area contributed by atoms with Crippen molar-refractivity contribution in [2.24, 2.45) is 0 Å². The Morgan fingerprint density at radius 1 is 1.02 bits per heavy atom. The van der Waals surface area contributed by atoms with Crippen LogP contribution in [0, 0.1) is 24.6 Å². The van der Waals surface area contributed by atoms with Crippen LogP contribution in [0.2, 0.25) is 0 Å². The number of carboxylic acid groups (broad SMARTS) is 2. The molecule has 0 atom stereocenters. The zero-order chi connectivity index (χ0) is 35.6. The number of nitrogens with zero attached hydrogens (tertiary/aromatic N) is 6. The first-order valence-electron chi connectivity index (χ1n) is 15.8. The molecule has 0 amide bonds. The van der Waals surface area contributed by atoms with Gasteiger partial charge in [0.1, 0.15) is 0 Å². The summed E-state index contributed by atoms with van der Waals surface area (Å²) in [6.07, 6.45) is 1.65. The number of aromatic nitrogens is 4. The minimum atomic E-state index is -1.18. The van der Waals surface area contributed by atoms with Crippen LogP contribution in [0.1, 0.15) is 52.2 Å². The minimum absolute atomic E-state index is 0.000241. The normalized spacial score (nSPS) is 11.0. The lowest BCUT2D eigenvalue weighted by Crippen LogP contribution is -2.21. The number of aromatic carboxylic acids is 1. The highest BCUT2D eigenvalue weighted by Crippen LogP contribution is 2.34. The van der Waals surface area contributed by atoms with Gasteiger partial charge >= 0.3 is 11.9 Å². The number of fused-ring (bicyclic) bond motifs is 1. The van der Waals surface area contributed by atoms with Crippen molar-refractivity contribution in [2.75, 3.05) is 44.0 Å². The van der Waals surface area contributed by atoms with Crippen molar-refractivity contribution in [3.05, 3.63) is 76.0 Å². The van der Waals surface area contributed by atoms with Gasteiger partial charge in [0.15, 0.2) is 39.2 Å². The lowest BCUT2D eigenvalue weighted by atomic mass is 10.2. The van der Waals surface area contributed by atoms with Crippen LogP contribution in [0.15, 0.2) is 48.5 Å². The molecule has 0 aliphatic heterocycles. The van der Waals surface area contributed by atoms with Gasteiger partial charge in [-0.05, 0) is 88.7 Å². The number of aryl methyl sites for hydroxylation is 2. The van der Waals surface area contributed by atoms with Crippen LogP contribution in [0.5, 0.6) is 5.75 Å². The number of ether oxygens (including phenoxy) is 1. The van der Waals surface area contributed by atoms with Crippen molar-refractivity contribution in [1.29, 1.82) is 0 Å². The number of unbranched alkanes of at least 4 members (excludes halogenated alkanes) is 1. The molecule has 0 radical (unpaired) electrons. The monoisotopic (exact) mass is 717 g/mol. The number of aliphatic carboxylic acids is 1. The zero-order valence-corrected chi connectivity index (χ0v) is 29.4. The Morgan fingerprint density at radius 2 is 1.84 bits per heavy atom. The minimum Gasteiger partial charge on any atom is -0.491 e. The Hall–Kier alpha value is -5.17. The molecule has 3 heterocycles. The third kappa shape index (κ3) is 9.71. The number of rotatable bonds is 16. The average Bonchev–Trinajstić information content (AvgIpc) is 3.69. The molecule has 3 N–H and O–H groups in total. The molecular formula is C35H36FN7O5S2. The van der Waals surface area contributed by atoms with Crippen molar-refractivity contribution in [3.8, 4) is 17.6 Å². The van der Waals surface area contributed by atoms with E-state index < -0.39 is 17.8 Å². The molecule has 5 rings (SSSR count). The van der Waals surface area contributed by atoms with Gasteiger partial charge in [0.25, 0.3) is 0 Å². The molecule has 15 heteroatoms. The summed E-state index contributed by atoms with van der Waals surface area (Å²) < 4.78 is 21.3. The lowest BCUT2D eigenvalue weighted by Gasteiger charge is -2.21. The van der Waals surface area contributed by atoms with E-state index in [0.717, 1.165) is 15.8 Å². The van der Waals surface area contributed by atoms with Crippen molar-refractivity contribution < 1.29 is 28.9 Å². The SMILES string of the molecule is Cc1cc(N(CCCCC(=O)O)c2nc(C(=O)O)c(CCCOc3ccc(C#CCN(C)C)cc3F)s2)nnc1Nc1nc2ccccc2s1. The van der Waals surface area contributed by atoms with Crippen molar-refractivity contribution in [2.45, 2.75) is 39.0 Å². The molecule has 0 aliphatic carbocycles. The highest BCUT2D eigenvalue weighted by Gasteiger charge is 2.23. The van der Waals surface area contributed by atoms with E-state index in [-0.39, 0.29) is 24.5 Å². The number of thiazole rings is 2. The van der Waals surface area contributed by atoms with Gasteiger partial charge in [-0.2, -0.15) is 0 Å². The van der Waals surface area contributed by atoms with Gasteiger partial charge in [-0.15, -0.1) is 21.5 Å². The summed E-state index contributed by atoms with van der Waals surface area (Å²) in [6, 6.07) is 14.2. The summed E-state index contributed by atoms with van der Waals surface area (Å²) in [7, 11) is 3.80. The molecule has 50 heavy (non-hydrogen) atoms. The molecule has 0 unspecified atom stereocenters. The number of carboxylic acids is 2. The van der Waals surface area contributed by atoms with Gasteiger partial charge in [-0.3, -0.25) is 9.69 Å². The summed E-state index contributed by atoms with van der Waals surface area (Å²) in [5.74, 6) is 4.35. The van der Waals surface area contributed by atoms with Crippen LogP contribution < -0.4 is 15.0 Å². The second-order valence-corrected chi connectivity index (χ2v) is 13.7. The van der Waals surface area contributed by atoms with E-state index in [1.54, 1.807) is 11.0 Å². The molecule has 0 saturated heterocycles. The van der Waals surface area contributed by atoms with Gasteiger partial charge in [-0.25, -0.2) is 19.2 Å². The summed E-state index contributed by atoms with van der Waals surface area (Å²) >= 11 is 2.70. The predicted octanol–water partition coefficient (Wildman–Crippen LogP) is 6.75.